The fraction of sp³-hybridized carbons (Fsp3) is 0.647. The van der Waals surface area contributed by atoms with E-state index in [-0.39, 0.29) is 11.5 Å². The van der Waals surface area contributed by atoms with Gasteiger partial charge < -0.3 is 10.5 Å². The van der Waals surface area contributed by atoms with Crippen molar-refractivity contribution in [2.45, 2.75) is 52.0 Å². The van der Waals surface area contributed by atoms with E-state index in [1.165, 1.54) is 32.1 Å². The van der Waals surface area contributed by atoms with Crippen LogP contribution in [0, 0.1) is 11.3 Å². The second-order valence-corrected chi connectivity index (χ2v) is 6.95. The van der Waals surface area contributed by atoms with Crippen LogP contribution in [0.2, 0.25) is 5.02 Å². The zero-order valence-corrected chi connectivity index (χ0v) is 13.5. The highest BCUT2D eigenvalue weighted by atomic mass is 35.5. The maximum atomic E-state index is 6.66. The molecule has 1 aliphatic rings. The van der Waals surface area contributed by atoms with Crippen molar-refractivity contribution in [3.8, 4) is 5.75 Å². The molecule has 1 aromatic rings. The fourth-order valence-corrected chi connectivity index (χ4v) is 3.95. The van der Waals surface area contributed by atoms with Gasteiger partial charge in [0, 0.05) is 6.04 Å². The lowest BCUT2D eigenvalue weighted by atomic mass is 9.71. The molecule has 1 saturated carbocycles. The molecule has 2 N–H and O–H groups in total. The van der Waals surface area contributed by atoms with Crippen molar-refractivity contribution in [2.75, 3.05) is 7.11 Å². The average molecular weight is 296 g/mol. The summed E-state index contributed by atoms with van der Waals surface area (Å²) in [5.41, 5.74) is 8.05. The van der Waals surface area contributed by atoms with Gasteiger partial charge in [0.05, 0.1) is 12.1 Å². The maximum Gasteiger partial charge on any atom is 0.137 e. The first kappa shape index (κ1) is 15.7. The van der Waals surface area contributed by atoms with Gasteiger partial charge in [-0.05, 0) is 48.3 Å². The first-order chi connectivity index (χ1) is 9.48. The molecule has 0 aliphatic heterocycles. The van der Waals surface area contributed by atoms with E-state index < -0.39 is 0 Å². The van der Waals surface area contributed by atoms with Crippen LogP contribution in [0.15, 0.2) is 18.2 Å². The standard InChI is InChI=1S/C17H26ClNO/c1-12(2)11-17(8-4-5-9-17)16(19)13-6-7-14(18)15(10-13)20-3/h6-7,10,12,16H,4-5,8-9,11,19H2,1-3H3. The summed E-state index contributed by atoms with van der Waals surface area (Å²) < 4.78 is 5.32. The minimum absolute atomic E-state index is 0.0681. The molecule has 0 saturated heterocycles. The Kier molecular flexibility index (Phi) is 4.98. The van der Waals surface area contributed by atoms with E-state index in [1.54, 1.807) is 7.11 Å². The summed E-state index contributed by atoms with van der Waals surface area (Å²) in [5, 5.41) is 0.646. The van der Waals surface area contributed by atoms with Crippen LogP contribution in [-0.2, 0) is 0 Å². The van der Waals surface area contributed by atoms with Gasteiger partial charge in [0.1, 0.15) is 5.75 Å². The van der Waals surface area contributed by atoms with E-state index in [4.69, 9.17) is 22.1 Å². The smallest absolute Gasteiger partial charge is 0.137 e. The largest absolute Gasteiger partial charge is 0.495 e. The summed E-state index contributed by atoms with van der Waals surface area (Å²) in [6.45, 7) is 4.57. The van der Waals surface area contributed by atoms with Gasteiger partial charge in [0.2, 0.25) is 0 Å². The molecule has 20 heavy (non-hydrogen) atoms. The molecule has 1 atom stereocenters. The fourth-order valence-electron chi connectivity index (χ4n) is 3.76. The molecule has 2 nitrogen and oxygen atoms in total. The maximum absolute atomic E-state index is 6.66. The van der Waals surface area contributed by atoms with Gasteiger partial charge in [-0.1, -0.05) is 44.4 Å². The molecule has 3 heteroatoms. The lowest BCUT2D eigenvalue weighted by Crippen LogP contribution is -2.33. The molecular formula is C17H26ClNO. The second-order valence-electron chi connectivity index (χ2n) is 6.54. The molecule has 2 rings (SSSR count). The molecule has 0 bridgehead atoms. The van der Waals surface area contributed by atoms with Crippen LogP contribution in [-0.4, -0.2) is 7.11 Å². The Hall–Kier alpha value is -0.730. The number of methoxy groups -OCH3 is 1. The minimum atomic E-state index is 0.0681. The van der Waals surface area contributed by atoms with E-state index in [0.29, 0.717) is 10.9 Å². The van der Waals surface area contributed by atoms with Gasteiger partial charge in [-0.2, -0.15) is 0 Å². The second kappa shape index (κ2) is 6.36. The summed E-state index contributed by atoms with van der Waals surface area (Å²) >= 11 is 6.11. The Labute approximate surface area is 127 Å². The monoisotopic (exact) mass is 295 g/mol. The van der Waals surface area contributed by atoms with E-state index >= 15 is 0 Å². The Bertz CT molecular complexity index is 452. The molecule has 0 spiro atoms. The van der Waals surface area contributed by atoms with Gasteiger partial charge in [0.25, 0.3) is 0 Å². The highest BCUT2D eigenvalue weighted by Crippen LogP contribution is 2.51. The number of rotatable bonds is 5. The Balaban J connectivity index is 2.30. The summed E-state index contributed by atoms with van der Waals surface area (Å²) in [5.74, 6) is 1.39. The quantitative estimate of drug-likeness (QED) is 0.833. The van der Waals surface area contributed by atoms with Gasteiger partial charge in [0.15, 0.2) is 0 Å². The van der Waals surface area contributed by atoms with Crippen LogP contribution >= 0.6 is 11.6 Å². The van der Waals surface area contributed by atoms with Crippen molar-refractivity contribution in [3.63, 3.8) is 0 Å². The van der Waals surface area contributed by atoms with Gasteiger partial charge in [-0.25, -0.2) is 0 Å². The topological polar surface area (TPSA) is 35.2 Å². The van der Waals surface area contributed by atoms with E-state index in [9.17, 15) is 0 Å². The summed E-state index contributed by atoms with van der Waals surface area (Å²) in [6.07, 6.45) is 6.25. The highest BCUT2D eigenvalue weighted by Gasteiger charge is 2.40. The zero-order chi connectivity index (χ0) is 14.8. The summed E-state index contributed by atoms with van der Waals surface area (Å²) in [6, 6.07) is 6.02. The van der Waals surface area contributed by atoms with Crippen LogP contribution in [0.3, 0.4) is 0 Å². The van der Waals surface area contributed by atoms with Gasteiger partial charge in [-0.3, -0.25) is 0 Å². The molecule has 0 amide bonds. The Morgan fingerprint density at radius 3 is 2.50 bits per heavy atom. The summed E-state index contributed by atoms with van der Waals surface area (Å²) in [4.78, 5) is 0. The SMILES string of the molecule is COc1cc(C(N)C2(CC(C)C)CCCC2)ccc1Cl. The van der Waals surface area contributed by atoms with Crippen molar-refractivity contribution in [3.05, 3.63) is 28.8 Å². The van der Waals surface area contributed by atoms with Crippen molar-refractivity contribution >= 4 is 11.6 Å². The van der Waals surface area contributed by atoms with Gasteiger partial charge >= 0.3 is 0 Å². The lowest BCUT2D eigenvalue weighted by Gasteiger charge is -2.37. The number of nitrogens with two attached hydrogens (primary N) is 1. The van der Waals surface area contributed by atoms with Crippen LogP contribution in [0.5, 0.6) is 5.75 Å². The number of ether oxygens (including phenoxy) is 1. The molecule has 1 aromatic carbocycles. The van der Waals surface area contributed by atoms with E-state index in [1.807, 2.05) is 12.1 Å². The predicted octanol–water partition coefficient (Wildman–Crippen LogP) is 4.95. The Morgan fingerprint density at radius 2 is 1.95 bits per heavy atom. The third-order valence-corrected chi connectivity index (χ3v) is 4.92. The van der Waals surface area contributed by atoms with Crippen molar-refractivity contribution in [2.24, 2.45) is 17.1 Å². The molecule has 0 aromatic heterocycles. The average Bonchev–Trinajstić information content (AvgIpc) is 2.87. The van der Waals surface area contributed by atoms with Crippen molar-refractivity contribution in [1.82, 2.24) is 0 Å². The van der Waals surface area contributed by atoms with Crippen LogP contribution < -0.4 is 10.5 Å². The minimum Gasteiger partial charge on any atom is -0.495 e. The highest BCUT2D eigenvalue weighted by molar-refractivity contribution is 6.32. The molecular weight excluding hydrogens is 270 g/mol. The van der Waals surface area contributed by atoms with Gasteiger partial charge in [-0.15, -0.1) is 0 Å². The zero-order valence-electron chi connectivity index (χ0n) is 12.8. The number of hydrogen-bond acceptors (Lipinski definition) is 2. The van der Waals surface area contributed by atoms with Crippen LogP contribution in [0.4, 0.5) is 0 Å². The Morgan fingerprint density at radius 1 is 1.30 bits per heavy atom. The molecule has 1 unspecified atom stereocenters. The predicted molar refractivity (Wildman–Crippen MR) is 85.3 cm³/mol. The molecule has 0 heterocycles. The number of halogens is 1. The summed E-state index contributed by atoms with van der Waals surface area (Å²) in [7, 11) is 1.65. The number of benzene rings is 1. The molecule has 112 valence electrons. The third-order valence-electron chi connectivity index (χ3n) is 4.61. The van der Waals surface area contributed by atoms with Crippen LogP contribution in [0.25, 0.3) is 0 Å². The third kappa shape index (κ3) is 3.12. The first-order valence-electron chi connectivity index (χ1n) is 7.57. The molecule has 1 fully saturated rings. The van der Waals surface area contributed by atoms with E-state index in [2.05, 4.69) is 19.9 Å². The number of hydrogen-bond donors (Lipinski definition) is 1. The molecule has 0 radical (unpaired) electrons. The normalized spacial score (nSPS) is 19.3. The first-order valence-corrected chi connectivity index (χ1v) is 7.95. The van der Waals surface area contributed by atoms with Crippen LogP contribution in [0.1, 0.15) is 57.6 Å². The van der Waals surface area contributed by atoms with E-state index in [0.717, 1.165) is 11.3 Å². The van der Waals surface area contributed by atoms with Crippen molar-refractivity contribution < 1.29 is 4.74 Å². The molecule has 1 aliphatic carbocycles. The van der Waals surface area contributed by atoms with Crippen molar-refractivity contribution in [1.29, 1.82) is 0 Å². The lowest BCUT2D eigenvalue weighted by molar-refractivity contribution is 0.183.